The van der Waals surface area contributed by atoms with Gasteiger partial charge >= 0.3 is 0 Å². The number of hydrogen-bond donors (Lipinski definition) is 0. The molecular weight excluding hydrogens is 699 g/mol. The smallest absolute Gasteiger partial charge is 0.0539 e. The summed E-state index contributed by atoms with van der Waals surface area (Å²) in [6.07, 6.45) is 6.10. The molecule has 0 bridgehead atoms. The molecule has 1 heteroatoms. The molecule has 0 amide bonds. The number of hydrogen-bond acceptors (Lipinski definition) is 1. The van der Waals surface area contributed by atoms with Crippen LogP contribution in [0.3, 0.4) is 0 Å². The second-order valence-corrected chi connectivity index (χ2v) is 20.4. The first-order valence-electron chi connectivity index (χ1n) is 21.2. The number of allylic oxidation sites excluding steroid dienone is 3. The normalized spacial score (nSPS) is 15.9. The van der Waals surface area contributed by atoms with Crippen molar-refractivity contribution >= 4 is 16.9 Å². The number of para-hydroxylation sites is 1. The van der Waals surface area contributed by atoms with E-state index in [4.69, 9.17) is 0 Å². The summed E-state index contributed by atoms with van der Waals surface area (Å²) in [5, 5.41) is 0. The second kappa shape index (κ2) is 14.2. The third-order valence-corrected chi connectivity index (χ3v) is 13.5. The van der Waals surface area contributed by atoms with Crippen molar-refractivity contribution in [3.63, 3.8) is 0 Å². The predicted molar refractivity (Wildman–Crippen MR) is 251 cm³/mol. The fourth-order valence-electron chi connectivity index (χ4n) is 10.1. The predicted octanol–water partition coefficient (Wildman–Crippen LogP) is 16.2. The Morgan fingerprint density at radius 1 is 0.483 bits per heavy atom. The summed E-state index contributed by atoms with van der Waals surface area (Å²) in [4.78, 5) is 2.57. The van der Waals surface area contributed by atoms with E-state index in [0.717, 1.165) is 6.42 Å². The first kappa shape index (κ1) is 39.4. The lowest BCUT2D eigenvalue weighted by molar-refractivity contribution is 0.0207. The molecule has 1 nitrogen and oxygen atoms in total. The Balaban J connectivity index is 1.35. The third-order valence-electron chi connectivity index (χ3n) is 13.5. The standard InChI is InChI=1S/C57H61N/c1-53(2,3)44-23-19-22-42(34-44)39-28-30-40(31-29-39)43-35-46(38-57(37-43,54(4,5)6)55(7,8)9)58(52-27-18-16-24-47(52)41-20-13-12-14-21-41)45-32-33-49-48-25-15-17-26-50(48)56(10,11)51(49)36-45/h12-36,38H,37H2,1-11H3. The minimum absolute atomic E-state index is 0.0461. The molecule has 6 aromatic carbocycles. The lowest BCUT2D eigenvalue weighted by Gasteiger charge is -2.55. The summed E-state index contributed by atoms with van der Waals surface area (Å²) in [7, 11) is 0. The first-order valence-corrected chi connectivity index (χ1v) is 21.2. The van der Waals surface area contributed by atoms with Gasteiger partial charge in [-0.3, -0.25) is 0 Å². The van der Waals surface area contributed by atoms with Crippen LogP contribution in [0.15, 0.2) is 163 Å². The molecule has 0 aromatic heterocycles. The Morgan fingerprint density at radius 3 is 1.74 bits per heavy atom. The molecule has 2 aliphatic carbocycles. The largest absolute Gasteiger partial charge is 0.310 e. The van der Waals surface area contributed by atoms with Gasteiger partial charge in [0, 0.05) is 27.8 Å². The van der Waals surface area contributed by atoms with Gasteiger partial charge in [0.1, 0.15) is 0 Å². The van der Waals surface area contributed by atoms with E-state index in [1.807, 2.05) is 0 Å². The maximum Gasteiger partial charge on any atom is 0.0539 e. The van der Waals surface area contributed by atoms with Gasteiger partial charge < -0.3 is 4.90 Å². The molecule has 0 aliphatic heterocycles. The molecule has 294 valence electrons. The molecule has 0 unspecified atom stereocenters. The van der Waals surface area contributed by atoms with Crippen LogP contribution in [0.1, 0.15) is 105 Å². The van der Waals surface area contributed by atoms with Gasteiger partial charge in [0.2, 0.25) is 0 Å². The van der Waals surface area contributed by atoms with Gasteiger partial charge in [0.05, 0.1) is 5.69 Å². The maximum absolute atomic E-state index is 2.65. The molecular formula is C57H61N. The zero-order chi connectivity index (χ0) is 41.3. The molecule has 0 saturated heterocycles. The van der Waals surface area contributed by atoms with Crippen molar-refractivity contribution in [3.8, 4) is 33.4 Å². The molecule has 0 saturated carbocycles. The van der Waals surface area contributed by atoms with Crippen molar-refractivity contribution < 1.29 is 0 Å². The van der Waals surface area contributed by atoms with E-state index in [-0.39, 0.29) is 27.1 Å². The monoisotopic (exact) mass is 759 g/mol. The lowest BCUT2D eigenvalue weighted by atomic mass is 9.50. The molecule has 2 aliphatic rings. The number of rotatable bonds is 6. The third kappa shape index (κ3) is 6.77. The highest BCUT2D eigenvalue weighted by Crippen LogP contribution is 2.61. The molecule has 0 spiro atoms. The van der Waals surface area contributed by atoms with Crippen molar-refractivity contribution in [1.29, 1.82) is 0 Å². The van der Waals surface area contributed by atoms with Crippen molar-refractivity contribution in [2.75, 3.05) is 4.90 Å². The van der Waals surface area contributed by atoms with Crippen molar-refractivity contribution in [3.05, 3.63) is 186 Å². The van der Waals surface area contributed by atoms with Crippen LogP contribution < -0.4 is 4.90 Å². The highest BCUT2D eigenvalue weighted by molar-refractivity contribution is 5.89. The summed E-state index contributed by atoms with van der Waals surface area (Å²) in [6.45, 7) is 26.3. The Kier molecular flexibility index (Phi) is 9.62. The Labute approximate surface area is 349 Å². The Hall–Kier alpha value is -5.40. The van der Waals surface area contributed by atoms with Crippen LogP contribution in [0.2, 0.25) is 0 Å². The van der Waals surface area contributed by atoms with Crippen LogP contribution in [0.5, 0.6) is 0 Å². The lowest BCUT2D eigenvalue weighted by Crippen LogP contribution is -2.47. The average molecular weight is 760 g/mol. The van der Waals surface area contributed by atoms with Gasteiger partial charge in [-0.2, -0.15) is 0 Å². The zero-order valence-electron chi connectivity index (χ0n) is 36.7. The van der Waals surface area contributed by atoms with Crippen molar-refractivity contribution in [2.45, 2.75) is 93.4 Å². The quantitative estimate of drug-likeness (QED) is 0.163. The summed E-state index contributed by atoms with van der Waals surface area (Å²) < 4.78 is 0. The summed E-state index contributed by atoms with van der Waals surface area (Å²) >= 11 is 0. The van der Waals surface area contributed by atoms with Crippen molar-refractivity contribution in [1.82, 2.24) is 0 Å². The van der Waals surface area contributed by atoms with Gasteiger partial charge in [0.15, 0.2) is 0 Å². The van der Waals surface area contributed by atoms with Gasteiger partial charge in [-0.1, -0.05) is 210 Å². The fraction of sp³-hybridized carbons (Fsp3) is 0.298. The highest BCUT2D eigenvalue weighted by atomic mass is 15.2. The van der Waals surface area contributed by atoms with E-state index < -0.39 is 0 Å². The van der Waals surface area contributed by atoms with Gasteiger partial charge in [-0.15, -0.1) is 0 Å². The van der Waals surface area contributed by atoms with E-state index in [9.17, 15) is 0 Å². The van der Waals surface area contributed by atoms with Gasteiger partial charge in [-0.05, 0) is 103 Å². The average Bonchev–Trinajstić information content (AvgIpc) is 3.43. The van der Waals surface area contributed by atoms with Crippen LogP contribution in [0.25, 0.3) is 39.0 Å². The maximum atomic E-state index is 2.65. The van der Waals surface area contributed by atoms with Crippen LogP contribution in [-0.2, 0) is 10.8 Å². The second-order valence-electron chi connectivity index (χ2n) is 20.4. The minimum atomic E-state index is -0.175. The number of benzene rings is 6. The van der Waals surface area contributed by atoms with Crippen LogP contribution in [0.4, 0.5) is 11.4 Å². The minimum Gasteiger partial charge on any atom is -0.310 e. The number of anilines is 2. The number of fused-ring (bicyclic) bond motifs is 3. The van der Waals surface area contributed by atoms with Crippen LogP contribution in [0, 0.1) is 16.2 Å². The highest BCUT2D eigenvalue weighted by Gasteiger charge is 2.51. The molecule has 58 heavy (non-hydrogen) atoms. The zero-order valence-corrected chi connectivity index (χ0v) is 36.7. The molecule has 0 N–H and O–H groups in total. The molecule has 0 radical (unpaired) electrons. The van der Waals surface area contributed by atoms with Crippen molar-refractivity contribution in [2.24, 2.45) is 16.2 Å². The van der Waals surface area contributed by atoms with E-state index >= 15 is 0 Å². The van der Waals surface area contributed by atoms with E-state index in [0.29, 0.717) is 0 Å². The molecule has 6 aromatic rings. The van der Waals surface area contributed by atoms with Gasteiger partial charge in [0.25, 0.3) is 0 Å². The summed E-state index contributed by atoms with van der Waals surface area (Å²) in [6, 6.07) is 54.5. The topological polar surface area (TPSA) is 3.24 Å². The molecule has 0 atom stereocenters. The first-order chi connectivity index (χ1) is 27.4. The Morgan fingerprint density at radius 2 is 1.07 bits per heavy atom. The number of nitrogens with zero attached hydrogens (tertiary/aromatic N) is 1. The van der Waals surface area contributed by atoms with E-state index in [1.54, 1.807) is 0 Å². The van der Waals surface area contributed by atoms with Gasteiger partial charge in [-0.25, -0.2) is 0 Å². The van der Waals surface area contributed by atoms with E-state index in [2.05, 4.69) is 239 Å². The SMILES string of the molecule is CC(C)(C)c1cccc(-c2ccc(C3=CC(N(c4ccc5c(c4)C(C)(C)c4ccccc4-5)c4ccccc4-c4ccccc4)=CC(C(C)(C)C)(C(C)(C)C)C3)cc2)c1. The van der Waals surface area contributed by atoms with Crippen LogP contribution in [-0.4, -0.2) is 0 Å². The molecule has 0 fully saturated rings. The molecule has 0 heterocycles. The molecule has 8 rings (SSSR count). The fourth-order valence-corrected chi connectivity index (χ4v) is 10.1. The summed E-state index contributed by atoms with van der Waals surface area (Å²) in [5.74, 6) is 0. The van der Waals surface area contributed by atoms with E-state index in [1.165, 1.54) is 78.3 Å². The summed E-state index contributed by atoms with van der Waals surface area (Å²) in [5.41, 5.74) is 17.7. The van der Waals surface area contributed by atoms with Crippen LogP contribution >= 0.6 is 0 Å². The Bertz CT molecular complexity index is 2520.